The largest absolute Gasteiger partial charge is 0.355 e. The van der Waals surface area contributed by atoms with E-state index in [1.807, 2.05) is 30.3 Å². The zero-order valence-corrected chi connectivity index (χ0v) is 19.6. The molecule has 3 heterocycles. The number of nitrogens with zero attached hydrogens (tertiary/aromatic N) is 3. The Morgan fingerprint density at radius 3 is 2.75 bits per heavy atom. The van der Waals surface area contributed by atoms with Gasteiger partial charge in [-0.1, -0.05) is 42.5 Å². The van der Waals surface area contributed by atoms with Crippen LogP contribution in [0.15, 0.2) is 60.0 Å². The molecule has 0 aliphatic carbocycles. The average molecular weight is 444 g/mol. The number of hydrogen-bond acceptors (Lipinski definition) is 5. The molecule has 1 aliphatic heterocycles. The number of Topliss-reactive ketones (excluding diaryl/α,β-unsaturated/α-hetero) is 1. The molecule has 5 heteroatoms. The highest BCUT2D eigenvalue weighted by molar-refractivity contribution is 7.18. The van der Waals surface area contributed by atoms with Crippen LogP contribution in [0.4, 0.5) is 5.82 Å². The number of rotatable bonds is 7. The molecule has 32 heavy (non-hydrogen) atoms. The normalized spacial score (nSPS) is 16.8. The highest BCUT2D eigenvalue weighted by Crippen LogP contribution is 2.36. The molecule has 1 aliphatic rings. The number of aromatic nitrogens is 1. The van der Waals surface area contributed by atoms with Gasteiger partial charge in [-0.3, -0.25) is 4.79 Å². The Balaban J connectivity index is 1.39. The van der Waals surface area contributed by atoms with Gasteiger partial charge in [0.25, 0.3) is 0 Å². The van der Waals surface area contributed by atoms with Gasteiger partial charge in [0.15, 0.2) is 0 Å². The molecule has 5 rings (SSSR count). The highest BCUT2D eigenvalue weighted by atomic mass is 32.1. The molecule has 2 aromatic carbocycles. The number of likely N-dealkylation sites (N-methyl/N-ethyl adjacent to an activating group) is 2. The van der Waals surface area contributed by atoms with E-state index < -0.39 is 0 Å². The Hall–Kier alpha value is -2.76. The second-order valence-corrected chi connectivity index (χ2v) is 9.88. The van der Waals surface area contributed by atoms with Crippen LogP contribution in [0.1, 0.15) is 24.0 Å². The van der Waals surface area contributed by atoms with Crippen LogP contribution >= 0.6 is 11.3 Å². The van der Waals surface area contributed by atoms with Gasteiger partial charge < -0.3 is 9.80 Å². The summed E-state index contributed by atoms with van der Waals surface area (Å²) in [6.45, 7) is 2.21. The third-order valence-corrected chi connectivity index (χ3v) is 7.57. The number of ketones is 1. The lowest BCUT2D eigenvalue weighted by Gasteiger charge is -2.26. The minimum atomic E-state index is 0.281. The van der Waals surface area contributed by atoms with Crippen molar-refractivity contribution in [1.82, 2.24) is 9.88 Å². The van der Waals surface area contributed by atoms with E-state index in [4.69, 9.17) is 4.98 Å². The molecule has 4 aromatic rings. The Bertz CT molecular complexity index is 1250. The number of likely N-dealkylation sites (tertiary alicyclic amines) is 1. The number of thiophene rings is 1. The van der Waals surface area contributed by atoms with Crippen LogP contribution in [0.25, 0.3) is 21.0 Å². The summed E-state index contributed by atoms with van der Waals surface area (Å²) in [6, 6.07) is 19.2. The maximum atomic E-state index is 12.5. The van der Waals surface area contributed by atoms with Crippen LogP contribution in [0.5, 0.6) is 0 Å². The van der Waals surface area contributed by atoms with Gasteiger partial charge in [-0.05, 0) is 55.1 Å². The molecule has 0 saturated carbocycles. The Morgan fingerprint density at radius 2 is 1.97 bits per heavy atom. The summed E-state index contributed by atoms with van der Waals surface area (Å²) >= 11 is 1.79. The lowest BCUT2D eigenvalue weighted by Crippen LogP contribution is -2.34. The van der Waals surface area contributed by atoms with Crippen molar-refractivity contribution in [2.24, 2.45) is 0 Å². The summed E-state index contributed by atoms with van der Waals surface area (Å²) in [4.78, 5) is 22.4. The quantitative estimate of drug-likeness (QED) is 0.387. The molecule has 1 atom stereocenters. The van der Waals surface area contributed by atoms with E-state index in [2.05, 4.69) is 53.5 Å². The third-order valence-electron chi connectivity index (χ3n) is 6.62. The maximum absolute atomic E-state index is 12.5. The van der Waals surface area contributed by atoms with Crippen molar-refractivity contribution in [3.8, 4) is 0 Å². The van der Waals surface area contributed by atoms with E-state index in [0.29, 0.717) is 18.9 Å². The van der Waals surface area contributed by atoms with Gasteiger partial charge in [-0.2, -0.15) is 0 Å². The van der Waals surface area contributed by atoms with Gasteiger partial charge >= 0.3 is 0 Å². The summed E-state index contributed by atoms with van der Waals surface area (Å²) in [5.74, 6) is 1.36. The van der Waals surface area contributed by atoms with Crippen LogP contribution in [-0.4, -0.2) is 48.9 Å². The molecule has 164 valence electrons. The number of carbonyl (C=O) groups is 1. The van der Waals surface area contributed by atoms with Crippen LogP contribution in [0.3, 0.4) is 0 Å². The van der Waals surface area contributed by atoms with Crippen molar-refractivity contribution in [2.45, 2.75) is 31.7 Å². The maximum Gasteiger partial charge on any atom is 0.138 e. The molecular weight excluding hydrogens is 414 g/mol. The number of anilines is 1. The van der Waals surface area contributed by atoms with Crippen molar-refractivity contribution in [3.63, 3.8) is 0 Å². The standard InChI is InChI=1S/C27H29N3OS/c1-29-14-12-21(18-29)30(2)27-24-13-15-32-26(24)23-11-9-20(17-25(23)28-27)8-10-22(31)16-19-6-4-3-5-7-19/h3-7,9,11,13,15,17,21H,8,10,12,14,16,18H2,1-2H3. The Kier molecular flexibility index (Phi) is 5.94. The highest BCUT2D eigenvalue weighted by Gasteiger charge is 2.26. The van der Waals surface area contributed by atoms with Crippen molar-refractivity contribution >= 4 is 43.9 Å². The molecule has 0 N–H and O–H groups in total. The van der Waals surface area contributed by atoms with Crippen molar-refractivity contribution in [2.75, 3.05) is 32.1 Å². The van der Waals surface area contributed by atoms with Crippen LogP contribution < -0.4 is 4.90 Å². The number of aryl methyl sites for hydroxylation is 1. The first-order chi connectivity index (χ1) is 15.6. The van der Waals surface area contributed by atoms with Crippen LogP contribution in [0, 0.1) is 0 Å². The Morgan fingerprint density at radius 1 is 1.12 bits per heavy atom. The fraction of sp³-hybridized carbons (Fsp3) is 0.333. The predicted molar refractivity (Wildman–Crippen MR) is 135 cm³/mol. The van der Waals surface area contributed by atoms with E-state index in [1.54, 1.807) is 11.3 Å². The van der Waals surface area contributed by atoms with E-state index in [1.165, 1.54) is 27.5 Å². The SMILES string of the molecule is CN1CCC(N(C)c2nc3cc(CCC(=O)Cc4ccccc4)ccc3c3sccc23)C1. The predicted octanol–water partition coefficient (Wildman–Crippen LogP) is 5.33. The topological polar surface area (TPSA) is 36.4 Å². The zero-order chi connectivity index (χ0) is 22.1. The van der Waals surface area contributed by atoms with Gasteiger partial charge in [0.1, 0.15) is 11.6 Å². The molecule has 2 aromatic heterocycles. The molecule has 4 nitrogen and oxygen atoms in total. The average Bonchev–Trinajstić information content (AvgIpc) is 3.46. The molecule has 1 unspecified atom stereocenters. The number of fused-ring (bicyclic) bond motifs is 3. The smallest absolute Gasteiger partial charge is 0.138 e. The van der Waals surface area contributed by atoms with Gasteiger partial charge in [0.05, 0.1) is 5.52 Å². The van der Waals surface area contributed by atoms with E-state index in [0.717, 1.165) is 36.4 Å². The lowest BCUT2D eigenvalue weighted by molar-refractivity contribution is -0.118. The Labute approximate surface area is 193 Å². The molecular formula is C27H29N3OS. The monoisotopic (exact) mass is 443 g/mol. The summed E-state index contributed by atoms with van der Waals surface area (Å²) in [6.07, 6.45) is 2.99. The molecule has 0 spiro atoms. The number of benzene rings is 2. The second kappa shape index (κ2) is 9.00. The van der Waals surface area contributed by atoms with Gasteiger partial charge in [-0.15, -0.1) is 11.3 Å². The van der Waals surface area contributed by atoms with Crippen LogP contribution in [0.2, 0.25) is 0 Å². The number of carbonyl (C=O) groups excluding carboxylic acids is 1. The summed E-state index contributed by atoms with van der Waals surface area (Å²) in [7, 11) is 4.37. The first-order valence-corrected chi connectivity index (χ1v) is 12.2. The summed E-state index contributed by atoms with van der Waals surface area (Å²) in [5, 5.41) is 4.61. The fourth-order valence-corrected chi connectivity index (χ4v) is 5.68. The summed E-state index contributed by atoms with van der Waals surface area (Å²) < 4.78 is 1.30. The van der Waals surface area contributed by atoms with Crippen molar-refractivity contribution < 1.29 is 4.79 Å². The van der Waals surface area contributed by atoms with E-state index in [9.17, 15) is 4.79 Å². The first kappa shape index (κ1) is 21.1. The summed E-state index contributed by atoms with van der Waals surface area (Å²) in [5.41, 5.74) is 3.29. The van der Waals surface area contributed by atoms with Gasteiger partial charge in [-0.25, -0.2) is 4.98 Å². The van der Waals surface area contributed by atoms with Gasteiger partial charge in [0, 0.05) is 47.9 Å². The second-order valence-electron chi connectivity index (χ2n) is 8.97. The van der Waals surface area contributed by atoms with Crippen molar-refractivity contribution in [1.29, 1.82) is 0 Å². The third kappa shape index (κ3) is 4.27. The lowest BCUT2D eigenvalue weighted by atomic mass is 10.0. The van der Waals surface area contributed by atoms with E-state index in [-0.39, 0.29) is 5.78 Å². The first-order valence-electron chi connectivity index (χ1n) is 11.4. The van der Waals surface area contributed by atoms with E-state index >= 15 is 0 Å². The van der Waals surface area contributed by atoms with Gasteiger partial charge in [0.2, 0.25) is 0 Å². The fourth-order valence-electron chi connectivity index (χ4n) is 4.75. The van der Waals surface area contributed by atoms with Crippen LogP contribution in [-0.2, 0) is 17.6 Å². The minimum Gasteiger partial charge on any atom is -0.355 e. The minimum absolute atomic E-state index is 0.281. The number of hydrogen-bond donors (Lipinski definition) is 0. The number of pyridine rings is 1. The van der Waals surface area contributed by atoms with Crippen molar-refractivity contribution in [3.05, 3.63) is 71.1 Å². The molecule has 0 amide bonds. The molecule has 0 radical (unpaired) electrons. The molecule has 1 saturated heterocycles. The molecule has 0 bridgehead atoms. The molecule has 1 fully saturated rings. The zero-order valence-electron chi connectivity index (χ0n) is 18.8.